The Morgan fingerprint density at radius 2 is 1.91 bits per heavy atom. The Hall–Kier alpha value is -0.0800. The van der Waals surface area contributed by atoms with Gasteiger partial charge in [-0.1, -0.05) is 0 Å². The van der Waals surface area contributed by atoms with Crippen LogP contribution in [0.25, 0.3) is 0 Å². The fourth-order valence-electron chi connectivity index (χ4n) is 3.80. The smallest absolute Gasteiger partial charge is 0.0617 e. The molecule has 0 radical (unpaired) electrons. The SMILES string of the molecule is CN(C)C1C2CC3C(C2O)C31. The highest BCUT2D eigenvalue weighted by molar-refractivity contribution is 5.23. The summed E-state index contributed by atoms with van der Waals surface area (Å²) in [6.07, 6.45) is 1.36. The van der Waals surface area contributed by atoms with Gasteiger partial charge in [-0.3, -0.25) is 0 Å². The third kappa shape index (κ3) is 0.541. The van der Waals surface area contributed by atoms with Crippen LogP contribution in [0.3, 0.4) is 0 Å². The molecule has 4 aliphatic carbocycles. The average molecular weight is 153 g/mol. The van der Waals surface area contributed by atoms with E-state index in [1.807, 2.05) is 0 Å². The van der Waals surface area contributed by atoms with Crippen LogP contribution < -0.4 is 0 Å². The highest BCUT2D eigenvalue weighted by atomic mass is 16.3. The molecule has 4 saturated carbocycles. The van der Waals surface area contributed by atoms with E-state index in [2.05, 4.69) is 19.0 Å². The number of nitrogens with zero attached hydrogens (tertiary/aromatic N) is 1. The predicted molar refractivity (Wildman–Crippen MR) is 42.1 cm³/mol. The fourth-order valence-corrected chi connectivity index (χ4v) is 3.80. The lowest BCUT2D eigenvalue weighted by Crippen LogP contribution is -2.33. The molecule has 1 N–H and O–H groups in total. The topological polar surface area (TPSA) is 23.5 Å². The van der Waals surface area contributed by atoms with E-state index >= 15 is 0 Å². The quantitative estimate of drug-likeness (QED) is 0.580. The first-order valence-corrected chi connectivity index (χ1v) is 4.56. The lowest BCUT2D eigenvalue weighted by molar-refractivity contribution is 0.109. The number of aliphatic hydroxyl groups is 1. The van der Waals surface area contributed by atoms with Crippen LogP contribution in [0, 0.1) is 23.7 Å². The zero-order chi connectivity index (χ0) is 7.75. The van der Waals surface area contributed by atoms with Gasteiger partial charge in [-0.25, -0.2) is 0 Å². The maximum Gasteiger partial charge on any atom is 0.0617 e. The van der Waals surface area contributed by atoms with Crippen LogP contribution in [0.1, 0.15) is 6.42 Å². The van der Waals surface area contributed by atoms with E-state index in [1.54, 1.807) is 0 Å². The van der Waals surface area contributed by atoms with E-state index in [1.165, 1.54) is 6.42 Å². The first kappa shape index (κ1) is 6.44. The van der Waals surface area contributed by atoms with Gasteiger partial charge in [0.1, 0.15) is 0 Å². The molecule has 4 rings (SSSR count). The van der Waals surface area contributed by atoms with Gasteiger partial charge in [0.05, 0.1) is 6.10 Å². The van der Waals surface area contributed by atoms with Gasteiger partial charge < -0.3 is 10.0 Å². The lowest BCUT2D eigenvalue weighted by Gasteiger charge is -2.23. The summed E-state index contributed by atoms with van der Waals surface area (Å²) >= 11 is 0. The Kier molecular flexibility index (Phi) is 0.961. The summed E-state index contributed by atoms with van der Waals surface area (Å²) in [6.45, 7) is 0. The molecule has 6 unspecified atom stereocenters. The van der Waals surface area contributed by atoms with Crippen molar-refractivity contribution in [2.75, 3.05) is 14.1 Å². The van der Waals surface area contributed by atoms with Crippen molar-refractivity contribution in [1.29, 1.82) is 0 Å². The van der Waals surface area contributed by atoms with E-state index in [-0.39, 0.29) is 6.10 Å². The Balaban J connectivity index is 1.92. The van der Waals surface area contributed by atoms with Gasteiger partial charge in [-0.2, -0.15) is 0 Å². The van der Waals surface area contributed by atoms with Crippen LogP contribution in [0.5, 0.6) is 0 Å². The van der Waals surface area contributed by atoms with Crippen molar-refractivity contribution >= 4 is 0 Å². The second-order valence-corrected chi connectivity index (χ2v) is 4.66. The van der Waals surface area contributed by atoms with Crippen LogP contribution >= 0.6 is 0 Å². The highest BCUT2D eigenvalue weighted by Gasteiger charge is 2.73. The molecule has 0 saturated heterocycles. The van der Waals surface area contributed by atoms with Crippen LogP contribution in [0.15, 0.2) is 0 Å². The van der Waals surface area contributed by atoms with Crippen molar-refractivity contribution in [3.63, 3.8) is 0 Å². The predicted octanol–water partition coefficient (Wildman–Crippen LogP) is 0.173. The maximum absolute atomic E-state index is 9.74. The number of hydrogen-bond acceptors (Lipinski definition) is 2. The minimum Gasteiger partial charge on any atom is -0.392 e. The average Bonchev–Trinajstić information content (AvgIpc) is 2.33. The number of hydrogen-bond donors (Lipinski definition) is 1. The summed E-state index contributed by atoms with van der Waals surface area (Å²) in [5.74, 6) is 3.09. The van der Waals surface area contributed by atoms with Gasteiger partial charge in [-0.15, -0.1) is 0 Å². The van der Waals surface area contributed by atoms with E-state index in [0.29, 0.717) is 17.9 Å². The first-order chi connectivity index (χ1) is 5.22. The Morgan fingerprint density at radius 3 is 2.09 bits per heavy atom. The summed E-state index contributed by atoms with van der Waals surface area (Å²) in [5.41, 5.74) is 0. The maximum atomic E-state index is 9.74. The summed E-state index contributed by atoms with van der Waals surface area (Å²) in [5, 5.41) is 9.74. The molecule has 11 heavy (non-hydrogen) atoms. The van der Waals surface area contributed by atoms with Crippen molar-refractivity contribution in [3.8, 4) is 0 Å². The fraction of sp³-hybridized carbons (Fsp3) is 1.00. The summed E-state index contributed by atoms with van der Waals surface area (Å²) in [4.78, 5) is 2.31. The molecule has 4 aliphatic rings. The molecule has 62 valence electrons. The molecule has 6 atom stereocenters. The second-order valence-electron chi connectivity index (χ2n) is 4.66. The molecule has 0 aliphatic heterocycles. The van der Waals surface area contributed by atoms with Crippen molar-refractivity contribution in [2.24, 2.45) is 23.7 Å². The molecule has 0 heterocycles. The van der Waals surface area contributed by atoms with Crippen LogP contribution in [-0.4, -0.2) is 36.2 Å². The van der Waals surface area contributed by atoms with Crippen molar-refractivity contribution in [2.45, 2.75) is 18.6 Å². The summed E-state index contributed by atoms with van der Waals surface area (Å²) in [7, 11) is 4.29. The molecule has 0 spiro atoms. The van der Waals surface area contributed by atoms with E-state index in [4.69, 9.17) is 0 Å². The molecule has 2 heteroatoms. The van der Waals surface area contributed by atoms with E-state index in [0.717, 1.165) is 11.8 Å². The molecule has 0 aromatic carbocycles. The summed E-state index contributed by atoms with van der Waals surface area (Å²) in [6, 6.07) is 0.708. The van der Waals surface area contributed by atoms with Gasteiger partial charge in [0.15, 0.2) is 0 Å². The van der Waals surface area contributed by atoms with Crippen molar-refractivity contribution in [3.05, 3.63) is 0 Å². The van der Waals surface area contributed by atoms with Crippen LogP contribution in [0.2, 0.25) is 0 Å². The molecule has 0 aromatic heterocycles. The molecule has 4 bridgehead atoms. The molecular formula is C9H15NO. The van der Waals surface area contributed by atoms with Crippen molar-refractivity contribution in [1.82, 2.24) is 4.90 Å². The van der Waals surface area contributed by atoms with Gasteiger partial charge >= 0.3 is 0 Å². The molecule has 0 aromatic rings. The van der Waals surface area contributed by atoms with Crippen molar-refractivity contribution < 1.29 is 5.11 Å². The Morgan fingerprint density at radius 1 is 1.18 bits per heavy atom. The molecule has 2 nitrogen and oxygen atoms in total. The lowest BCUT2D eigenvalue weighted by atomic mass is 10.0. The molecule has 0 amide bonds. The first-order valence-electron chi connectivity index (χ1n) is 4.56. The molecule has 4 fully saturated rings. The minimum atomic E-state index is 0.0531. The number of rotatable bonds is 1. The van der Waals surface area contributed by atoms with E-state index in [9.17, 15) is 5.11 Å². The highest BCUT2D eigenvalue weighted by Crippen LogP contribution is 2.71. The third-order valence-electron chi connectivity index (χ3n) is 4.10. The van der Waals surface area contributed by atoms with Gasteiger partial charge in [-0.05, 0) is 38.3 Å². The van der Waals surface area contributed by atoms with Gasteiger partial charge in [0.25, 0.3) is 0 Å². The minimum absolute atomic E-state index is 0.0531. The van der Waals surface area contributed by atoms with Crippen LogP contribution in [-0.2, 0) is 0 Å². The summed E-state index contributed by atoms with van der Waals surface area (Å²) < 4.78 is 0. The third-order valence-corrected chi connectivity index (χ3v) is 4.10. The van der Waals surface area contributed by atoms with Crippen LogP contribution in [0.4, 0.5) is 0 Å². The number of aliphatic hydroxyl groups excluding tert-OH is 1. The Bertz CT molecular complexity index is 204. The normalized spacial score (nSPS) is 64.4. The zero-order valence-corrected chi connectivity index (χ0v) is 7.07. The Labute approximate surface area is 67.2 Å². The van der Waals surface area contributed by atoms with E-state index < -0.39 is 0 Å². The molecular weight excluding hydrogens is 138 g/mol. The van der Waals surface area contributed by atoms with Gasteiger partial charge in [0, 0.05) is 12.0 Å². The largest absolute Gasteiger partial charge is 0.392 e. The monoisotopic (exact) mass is 153 g/mol. The zero-order valence-electron chi connectivity index (χ0n) is 7.07. The second kappa shape index (κ2) is 1.64. The van der Waals surface area contributed by atoms with Gasteiger partial charge in [0.2, 0.25) is 0 Å². The standard InChI is InChI=1S/C9H15NO/c1-10(2)8-5-3-4-6(8)7(4)9(5)11/h4-9,11H,3H2,1-2H3.